The fourth-order valence-electron chi connectivity index (χ4n) is 3.00. The van der Waals surface area contributed by atoms with Gasteiger partial charge in [0.1, 0.15) is 12.2 Å². The second kappa shape index (κ2) is 7.78. The number of nitrogens with one attached hydrogen (secondary N) is 2. The predicted molar refractivity (Wildman–Crippen MR) is 93.0 cm³/mol. The first-order valence-electron chi connectivity index (χ1n) is 8.35. The van der Waals surface area contributed by atoms with Gasteiger partial charge in [-0.05, 0) is 25.0 Å². The highest BCUT2D eigenvalue weighted by Gasteiger charge is 2.26. The standard InChI is InChI=1S/C17H22N6O2/c1-22-12-19-21-16(22)13-7-9-23(10-8-13)17(25)18-11-15(24)20-14-5-3-2-4-6-14/h2-6,12-13H,7-11H2,1H3,(H,18,25)(H,20,24). The topological polar surface area (TPSA) is 92.2 Å². The third-order valence-electron chi connectivity index (χ3n) is 4.35. The molecule has 0 unspecified atom stereocenters. The number of carbonyl (C=O) groups is 2. The zero-order chi connectivity index (χ0) is 17.6. The fraction of sp³-hybridized carbons (Fsp3) is 0.412. The molecule has 2 N–H and O–H groups in total. The number of anilines is 1. The van der Waals surface area contributed by atoms with Crippen molar-refractivity contribution in [3.8, 4) is 0 Å². The normalized spacial score (nSPS) is 15.0. The number of hydrogen-bond acceptors (Lipinski definition) is 4. The second-order valence-corrected chi connectivity index (χ2v) is 6.13. The fourth-order valence-corrected chi connectivity index (χ4v) is 3.00. The minimum absolute atomic E-state index is 0.0447. The largest absolute Gasteiger partial charge is 0.329 e. The van der Waals surface area contributed by atoms with E-state index in [2.05, 4.69) is 20.8 Å². The molecule has 132 valence electrons. The average molecular weight is 342 g/mol. The molecule has 0 aliphatic carbocycles. The van der Waals surface area contributed by atoms with Gasteiger partial charge in [-0.1, -0.05) is 18.2 Å². The number of carbonyl (C=O) groups excluding carboxylic acids is 2. The molecule has 1 saturated heterocycles. The van der Waals surface area contributed by atoms with Gasteiger partial charge in [0.25, 0.3) is 0 Å². The second-order valence-electron chi connectivity index (χ2n) is 6.13. The summed E-state index contributed by atoms with van der Waals surface area (Å²) in [5.41, 5.74) is 0.714. The van der Waals surface area contributed by atoms with Crippen LogP contribution in [0.5, 0.6) is 0 Å². The highest BCUT2D eigenvalue weighted by molar-refractivity contribution is 5.94. The molecule has 0 spiro atoms. The van der Waals surface area contributed by atoms with Crippen molar-refractivity contribution in [1.29, 1.82) is 0 Å². The van der Waals surface area contributed by atoms with Crippen molar-refractivity contribution in [2.75, 3.05) is 25.0 Å². The minimum atomic E-state index is -0.242. The van der Waals surface area contributed by atoms with E-state index >= 15 is 0 Å². The van der Waals surface area contributed by atoms with Gasteiger partial charge in [0.2, 0.25) is 5.91 Å². The maximum atomic E-state index is 12.2. The van der Waals surface area contributed by atoms with Gasteiger partial charge in [-0.25, -0.2) is 4.79 Å². The van der Waals surface area contributed by atoms with E-state index in [9.17, 15) is 9.59 Å². The summed E-state index contributed by atoms with van der Waals surface area (Å²) in [5, 5.41) is 13.5. The molecule has 8 heteroatoms. The molecule has 1 aromatic carbocycles. The van der Waals surface area contributed by atoms with Crippen molar-refractivity contribution in [2.45, 2.75) is 18.8 Å². The zero-order valence-corrected chi connectivity index (χ0v) is 14.2. The molecule has 1 aromatic heterocycles. The Morgan fingerprint density at radius 3 is 2.56 bits per heavy atom. The van der Waals surface area contributed by atoms with Crippen LogP contribution in [0.3, 0.4) is 0 Å². The lowest BCUT2D eigenvalue weighted by Crippen LogP contribution is -2.46. The summed E-state index contributed by atoms with van der Waals surface area (Å²) < 4.78 is 1.92. The van der Waals surface area contributed by atoms with Gasteiger partial charge in [0, 0.05) is 31.7 Å². The van der Waals surface area contributed by atoms with Crippen LogP contribution >= 0.6 is 0 Å². The maximum absolute atomic E-state index is 12.2. The summed E-state index contributed by atoms with van der Waals surface area (Å²) in [5.74, 6) is 1.04. The number of benzene rings is 1. The number of hydrogen-bond donors (Lipinski definition) is 2. The molecule has 0 atom stereocenters. The van der Waals surface area contributed by atoms with Gasteiger partial charge in [0.05, 0.1) is 6.54 Å². The summed E-state index contributed by atoms with van der Waals surface area (Å²) in [6.07, 6.45) is 3.38. The van der Waals surface area contributed by atoms with Crippen LogP contribution in [0.25, 0.3) is 0 Å². The van der Waals surface area contributed by atoms with Crippen molar-refractivity contribution < 1.29 is 9.59 Å². The highest BCUT2D eigenvalue weighted by Crippen LogP contribution is 2.25. The van der Waals surface area contributed by atoms with Crippen molar-refractivity contribution in [2.24, 2.45) is 7.05 Å². The van der Waals surface area contributed by atoms with E-state index in [1.54, 1.807) is 23.4 Å². The SMILES string of the molecule is Cn1cnnc1C1CCN(C(=O)NCC(=O)Nc2ccccc2)CC1. The van der Waals surface area contributed by atoms with Gasteiger partial charge in [-0.15, -0.1) is 10.2 Å². The van der Waals surface area contributed by atoms with Crippen molar-refractivity contribution in [1.82, 2.24) is 25.0 Å². The Kier molecular flexibility index (Phi) is 5.27. The number of nitrogens with zero attached hydrogens (tertiary/aromatic N) is 4. The van der Waals surface area contributed by atoms with Gasteiger partial charge < -0.3 is 20.1 Å². The van der Waals surface area contributed by atoms with Crippen LogP contribution in [0.1, 0.15) is 24.6 Å². The van der Waals surface area contributed by atoms with Crippen molar-refractivity contribution in [3.05, 3.63) is 42.5 Å². The smallest absolute Gasteiger partial charge is 0.317 e. The first-order chi connectivity index (χ1) is 12.1. The molecule has 25 heavy (non-hydrogen) atoms. The third-order valence-corrected chi connectivity index (χ3v) is 4.35. The van der Waals surface area contributed by atoms with Crippen LogP contribution in [-0.4, -0.2) is 51.2 Å². The molecule has 2 heterocycles. The first kappa shape index (κ1) is 16.9. The minimum Gasteiger partial charge on any atom is -0.329 e. The van der Waals surface area contributed by atoms with E-state index in [-0.39, 0.29) is 18.5 Å². The number of likely N-dealkylation sites (tertiary alicyclic amines) is 1. The lowest BCUT2D eigenvalue weighted by atomic mass is 9.96. The number of piperidine rings is 1. The van der Waals surface area contributed by atoms with Gasteiger partial charge >= 0.3 is 6.03 Å². The molecular weight excluding hydrogens is 320 g/mol. The van der Waals surface area contributed by atoms with E-state index in [1.807, 2.05) is 29.8 Å². The molecule has 0 saturated carbocycles. The summed E-state index contributed by atoms with van der Waals surface area (Å²) in [6.45, 7) is 1.24. The molecule has 1 aliphatic heterocycles. The van der Waals surface area contributed by atoms with Crippen LogP contribution in [0.15, 0.2) is 36.7 Å². The summed E-state index contributed by atoms with van der Waals surface area (Å²) in [6, 6.07) is 8.96. The number of aromatic nitrogens is 3. The summed E-state index contributed by atoms with van der Waals surface area (Å²) >= 11 is 0. The lowest BCUT2D eigenvalue weighted by molar-refractivity contribution is -0.115. The molecule has 0 bridgehead atoms. The summed E-state index contributed by atoms with van der Waals surface area (Å²) in [4.78, 5) is 25.8. The zero-order valence-electron chi connectivity index (χ0n) is 14.2. The van der Waals surface area contributed by atoms with E-state index in [4.69, 9.17) is 0 Å². The van der Waals surface area contributed by atoms with Gasteiger partial charge in [-0.2, -0.15) is 0 Å². The van der Waals surface area contributed by atoms with Crippen LogP contribution in [0.4, 0.5) is 10.5 Å². The first-order valence-corrected chi connectivity index (χ1v) is 8.35. The van der Waals surface area contributed by atoms with Crippen LogP contribution in [0.2, 0.25) is 0 Å². The Balaban J connectivity index is 1.42. The average Bonchev–Trinajstić information content (AvgIpc) is 3.07. The number of amides is 3. The Morgan fingerprint density at radius 2 is 1.92 bits per heavy atom. The van der Waals surface area contributed by atoms with Crippen molar-refractivity contribution in [3.63, 3.8) is 0 Å². The Bertz CT molecular complexity index is 722. The molecule has 3 amide bonds. The van der Waals surface area contributed by atoms with E-state index in [0.29, 0.717) is 24.7 Å². The van der Waals surface area contributed by atoms with Crippen LogP contribution in [0, 0.1) is 0 Å². The van der Waals surface area contributed by atoms with E-state index in [0.717, 1.165) is 18.7 Å². The third kappa shape index (κ3) is 4.34. The summed E-state index contributed by atoms with van der Waals surface area (Å²) in [7, 11) is 1.93. The molecule has 2 aromatic rings. The molecule has 0 radical (unpaired) electrons. The highest BCUT2D eigenvalue weighted by atomic mass is 16.2. The predicted octanol–water partition coefficient (Wildman–Crippen LogP) is 1.34. The van der Waals surface area contributed by atoms with E-state index in [1.165, 1.54) is 0 Å². The van der Waals surface area contributed by atoms with E-state index < -0.39 is 0 Å². The number of para-hydroxylation sites is 1. The Hall–Kier alpha value is -2.90. The monoisotopic (exact) mass is 342 g/mol. The molecule has 1 aliphatic rings. The maximum Gasteiger partial charge on any atom is 0.317 e. The van der Waals surface area contributed by atoms with Crippen LogP contribution < -0.4 is 10.6 Å². The van der Waals surface area contributed by atoms with Crippen molar-refractivity contribution >= 4 is 17.6 Å². The molecule has 8 nitrogen and oxygen atoms in total. The Morgan fingerprint density at radius 1 is 1.20 bits per heavy atom. The molecular formula is C17H22N6O2. The molecule has 3 rings (SSSR count). The number of rotatable bonds is 4. The van der Waals surface area contributed by atoms with Crippen LogP contribution in [-0.2, 0) is 11.8 Å². The van der Waals surface area contributed by atoms with Gasteiger partial charge in [-0.3, -0.25) is 4.79 Å². The van der Waals surface area contributed by atoms with Gasteiger partial charge in [0.15, 0.2) is 0 Å². The number of urea groups is 1. The molecule has 1 fully saturated rings. The lowest BCUT2D eigenvalue weighted by Gasteiger charge is -2.31. The Labute approximate surface area is 146 Å². The number of aryl methyl sites for hydroxylation is 1. The quantitative estimate of drug-likeness (QED) is 0.877.